The summed E-state index contributed by atoms with van der Waals surface area (Å²) in [6.07, 6.45) is 10.1. The molecule has 1 heterocycles. The van der Waals surface area contributed by atoms with Crippen LogP contribution in [0.4, 0.5) is 5.69 Å². The summed E-state index contributed by atoms with van der Waals surface area (Å²) in [7, 11) is 0. The van der Waals surface area contributed by atoms with Crippen LogP contribution < -0.4 is 4.90 Å². The molecule has 36 heavy (non-hydrogen) atoms. The standard InChI is InChI=1S/C32H41NO3/c1-5-22(16-19-31(35)36)20-24-10-7-8-12-27(24)32(3,4)30(34)18-15-23-14-17-29-26(21-23)25-11-9-13-28(25)33(29)6-2/h7-8,10,12,14-15,17-18,21-22,25,28H,5-6,9,11,13,16,19-20H2,1-4H3,(H,35,36). The molecule has 0 bridgehead atoms. The molecule has 2 aromatic carbocycles. The molecule has 0 aromatic heterocycles. The number of carbonyl (C=O) groups excluding carboxylic acids is 1. The van der Waals surface area contributed by atoms with Gasteiger partial charge in [-0.2, -0.15) is 0 Å². The molecule has 4 rings (SSSR count). The minimum absolute atomic E-state index is 0.0861. The average Bonchev–Trinajstić information content (AvgIpc) is 3.45. The van der Waals surface area contributed by atoms with E-state index in [0.717, 1.165) is 36.1 Å². The molecule has 1 saturated carbocycles. The maximum atomic E-state index is 13.5. The average molecular weight is 488 g/mol. The lowest BCUT2D eigenvalue weighted by atomic mass is 9.76. The smallest absolute Gasteiger partial charge is 0.303 e. The molecule has 4 nitrogen and oxygen atoms in total. The van der Waals surface area contributed by atoms with Gasteiger partial charge in [-0.3, -0.25) is 9.59 Å². The lowest BCUT2D eigenvalue weighted by Gasteiger charge is -2.27. The van der Waals surface area contributed by atoms with Crippen molar-refractivity contribution in [1.82, 2.24) is 0 Å². The van der Waals surface area contributed by atoms with Gasteiger partial charge in [-0.1, -0.05) is 56.2 Å². The summed E-state index contributed by atoms with van der Waals surface area (Å²) < 4.78 is 0. The van der Waals surface area contributed by atoms with Crippen LogP contribution in [0.5, 0.6) is 0 Å². The Labute approximate surface area is 216 Å². The Morgan fingerprint density at radius 1 is 1.14 bits per heavy atom. The Morgan fingerprint density at radius 2 is 1.92 bits per heavy atom. The van der Waals surface area contributed by atoms with E-state index in [-0.39, 0.29) is 18.1 Å². The number of allylic oxidation sites excluding steroid dienone is 1. The fourth-order valence-electron chi connectivity index (χ4n) is 6.41. The van der Waals surface area contributed by atoms with Gasteiger partial charge in [0.05, 0.1) is 5.41 Å². The molecule has 192 valence electrons. The molecule has 0 spiro atoms. The van der Waals surface area contributed by atoms with Gasteiger partial charge in [0.2, 0.25) is 0 Å². The summed E-state index contributed by atoms with van der Waals surface area (Å²) in [4.78, 5) is 27.1. The molecule has 3 unspecified atom stereocenters. The Bertz CT molecular complexity index is 1130. The van der Waals surface area contributed by atoms with Gasteiger partial charge in [-0.25, -0.2) is 0 Å². The Hall–Kier alpha value is -2.88. The lowest BCUT2D eigenvalue weighted by molar-refractivity contribution is -0.137. The molecular formula is C32H41NO3. The zero-order chi connectivity index (χ0) is 25.9. The number of rotatable bonds is 11. The molecule has 4 heteroatoms. The van der Waals surface area contributed by atoms with E-state index in [1.807, 2.05) is 32.1 Å². The maximum absolute atomic E-state index is 13.5. The van der Waals surface area contributed by atoms with Crippen molar-refractivity contribution in [3.8, 4) is 0 Å². The molecule has 0 amide bonds. The predicted octanol–water partition coefficient (Wildman–Crippen LogP) is 7.16. The van der Waals surface area contributed by atoms with Crippen molar-refractivity contribution >= 4 is 23.5 Å². The van der Waals surface area contributed by atoms with Crippen molar-refractivity contribution in [1.29, 1.82) is 0 Å². The van der Waals surface area contributed by atoms with E-state index in [2.05, 4.69) is 49.1 Å². The summed E-state index contributed by atoms with van der Waals surface area (Å²) in [5, 5.41) is 9.10. The van der Waals surface area contributed by atoms with E-state index in [9.17, 15) is 9.59 Å². The predicted molar refractivity (Wildman–Crippen MR) is 148 cm³/mol. The van der Waals surface area contributed by atoms with Gasteiger partial charge in [0.1, 0.15) is 0 Å². The topological polar surface area (TPSA) is 57.6 Å². The van der Waals surface area contributed by atoms with Gasteiger partial charge >= 0.3 is 5.97 Å². The highest BCUT2D eigenvalue weighted by molar-refractivity contribution is 6.01. The van der Waals surface area contributed by atoms with E-state index in [1.54, 1.807) is 6.08 Å². The number of hydrogen-bond donors (Lipinski definition) is 1. The Morgan fingerprint density at radius 3 is 2.64 bits per heavy atom. The van der Waals surface area contributed by atoms with Crippen molar-refractivity contribution in [3.05, 3.63) is 70.8 Å². The first-order valence-electron chi connectivity index (χ1n) is 13.7. The third-order valence-corrected chi connectivity index (χ3v) is 8.57. The van der Waals surface area contributed by atoms with Crippen LogP contribution in [-0.2, 0) is 21.4 Å². The highest BCUT2D eigenvalue weighted by Crippen LogP contribution is 2.49. The molecule has 1 N–H and O–H groups in total. The first kappa shape index (κ1) is 26.2. The number of carboxylic acids is 1. The summed E-state index contributed by atoms with van der Waals surface area (Å²) in [5.41, 5.74) is 5.43. The van der Waals surface area contributed by atoms with Gasteiger partial charge < -0.3 is 10.0 Å². The number of nitrogens with zero attached hydrogens (tertiary/aromatic N) is 1. The third kappa shape index (κ3) is 5.28. The second kappa shape index (κ2) is 11.0. The van der Waals surface area contributed by atoms with Crippen molar-refractivity contribution in [3.63, 3.8) is 0 Å². The Kier molecular flexibility index (Phi) is 8.02. The number of fused-ring (bicyclic) bond motifs is 3. The number of aliphatic carboxylic acids is 1. The van der Waals surface area contributed by atoms with Crippen LogP contribution in [0.15, 0.2) is 48.5 Å². The molecule has 1 aliphatic carbocycles. The monoisotopic (exact) mass is 487 g/mol. The molecule has 0 radical (unpaired) electrons. The van der Waals surface area contributed by atoms with Crippen LogP contribution in [0.3, 0.4) is 0 Å². The van der Waals surface area contributed by atoms with Crippen LogP contribution in [0.1, 0.15) is 94.4 Å². The van der Waals surface area contributed by atoms with Crippen molar-refractivity contribution in [2.75, 3.05) is 11.4 Å². The van der Waals surface area contributed by atoms with Crippen LogP contribution >= 0.6 is 0 Å². The van der Waals surface area contributed by atoms with Crippen molar-refractivity contribution in [2.24, 2.45) is 5.92 Å². The van der Waals surface area contributed by atoms with Crippen LogP contribution in [-0.4, -0.2) is 29.4 Å². The van der Waals surface area contributed by atoms with Gasteiger partial charge in [-0.05, 0) is 92.8 Å². The number of benzene rings is 2. The first-order valence-corrected chi connectivity index (χ1v) is 13.7. The van der Waals surface area contributed by atoms with Crippen molar-refractivity contribution < 1.29 is 14.7 Å². The normalized spacial score (nSPS) is 19.9. The fraction of sp³-hybridized carbons (Fsp3) is 0.500. The molecule has 1 fully saturated rings. The van der Waals surface area contributed by atoms with Crippen LogP contribution in [0, 0.1) is 5.92 Å². The summed E-state index contributed by atoms with van der Waals surface area (Å²) in [5.74, 6) is 0.250. The summed E-state index contributed by atoms with van der Waals surface area (Å²) in [6.45, 7) is 9.40. The number of ketones is 1. The SMILES string of the molecule is CCC(CCC(=O)O)Cc1ccccc1C(C)(C)C(=O)C=Cc1ccc2c(c1)C1CCCC1N2CC. The minimum atomic E-state index is -0.750. The van der Waals surface area contributed by atoms with Gasteiger partial charge in [0, 0.05) is 30.6 Å². The molecular weight excluding hydrogens is 446 g/mol. The molecule has 1 aliphatic heterocycles. The largest absolute Gasteiger partial charge is 0.481 e. The zero-order valence-electron chi connectivity index (χ0n) is 22.3. The van der Waals surface area contributed by atoms with Crippen LogP contribution in [0.2, 0.25) is 0 Å². The van der Waals surface area contributed by atoms with E-state index >= 15 is 0 Å². The highest BCUT2D eigenvalue weighted by atomic mass is 16.4. The molecule has 3 atom stereocenters. The van der Waals surface area contributed by atoms with Gasteiger partial charge in [0.15, 0.2) is 5.78 Å². The highest BCUT2D eigenvalue weighted by Gasteiger charge is 2.40. The summed E-state index contributed by atoms with van der Waals surface area (Å²) in [6, 6.07) is 15.5. The Balaban J connectivity index is 1.52. The van der Waals surface area contributed by atoms with Gasteiger partial charge in [-0.15, -0.1) is 0 Å². The summed E-state index contributed by atoms with van der Waals surface area (Å²) >= 11 is 0. The maximum Gasteiger partial charge on any atom is 0.303 e. The molecule has 2 aromatic rings. The van der Waals surface area contributed by atoms with Crippen LogP contribution in [0.25, 0.3) is 6.08 Å². The van der Waals surface area contributed by atoms with Gasteiger partial charge in [0.25, 0.3) is 0 Å². The first-order chi connectivity index (χ1) is 17.3. The molecule has 0 saturated heterocycles. The fourth-order valence-corrected chi connectivity index (χ4v) is 6.41. The number of likely N-dealkylation sites (N-methyl/N-ethyl adjacent to an activating group) is 1. The lowest BCUT2D eigenvalue weighted by Crippen LogP contribution is -2.30. The number of carbonyl (C=O) groups is 2. The van der Waals surface area contributed by atoms with E-state index < -0.39 is 11.4 Å². The molecule has 2 aliphatic rings. The number of carboxylic acid groups (broad SMARTS) is 1. The van der Waals surface area contributed by atoms with Crippen molar-refractivity contribution in [2.45, 2.75) is 90.0 Å². The second-order valence-corrected chi connectivity index (χ2v) is 11.1. The number of hydrogen-bond acceptors (Lipinski definition) is 3. The third-order valence-electron chi connectivity index (χ3n) is 8.57. The quantitative estimate of drug-likeness (QED) is 0.342. The zero-order valence-corrected chi connectivity index (χ0v) is 22.3. The van der Waals surface area contributed by atoms with E-state index in [0.29, 0.717) is 18.4 Å². The second-order valence-electron chi connectivity index (χ2n) is 11.1. The minimum Gasteiger partial charge on any atom is -0.481 e. The number of anilines is 1. The van der Waals surface area contributed by atoms with E-state index in [4.69, 9.17) is 5.11 Å². The van der Waals surface area contributed by atoms with E-state index in [1.165, 1.54) is 30.5 Å².